The summed E-state index contributed by atoms with van der Waals surface area (Å²) in [6, 6.07) is 2.27. The standard InChI is InChI=1S/C15H30N2O2/c1-4-18-15(19-5-2)8-9-17(3)14-10-12-6-7-13(11-14)16-12/h12-16H,4-11H2,1-3H3. The lowest BCUT2D eigenvalue weighted by molar-refractivity contribution is -0.142. The number of nitrogens with zero attached hydrogens (tertiary/aromatic N) is 1. The van der Waals surface area contributed by atoms with Gasteiger partial charge in [0.15, 0.2) is 6.29 Å². The van der Waals surface area contributed by atoms with E-state index >= 15 is 0 Å². The van der Waals surface area contributed by atoms with Crippen molar-refractivity contribution in [3.63, 3.8) is 0 Å². The van der Waals surface area contributed by atoms with E-state index in [4.69, 9.17) is 9.47 Å². The van der Waals surface area contributed by atoms with Gasteiger partial charge in [-0.3, -0.25) is 0 Å². The van der Waals surface area contributed by atoms with Crippen LogP contribution in [0.5, 0.6) is 0 Å². The van der Waals surface area contributed by atoms with Crippen LogP contribution in [0, 0.1) is 0 Å². The Morgan fingerprint density at radius 3 is 2.21 bits per heavy atom. The summed E-state index contributed by atoms with van der Waals surface area (Å²) in [4.78, 5) is 2.51. The summed E-state index contributed by atoms with van der Waals surface area (Å²) in [5, 5.41) is 3.70. The van der Waals surface area contributed by atoms with E-state index in [0.717, 1.165) is 44.3 Å². The summed E-state index contributed by atoms with van der Waals surface area (Å²) in [7, 11) is 2.25. The zero-order valence-electron chi connectivity index (χ0n) is 12.7. The Labute approximate surface area is 117 Å². The second-order valence-electron chi connectivity index (χ2n) is 5.87. The average Bonchev–Trinajstić information content (AvgIpc) is 2.75. The Morgan fingerprint density at radius 2 is 1.68 bits per heavy atom. The van der Waals surface area contributed by atoms with Crippen LogP contribution in [0.15, 0.2) is 0 Å². The molecular weight excluding hydrogens is 240 g/mol. The highest BCUT2D eigenvalue weighted by molar-refractivity contribution is 4.95. The lowest BCUT2D eigenvalue weighted by Gasteiger charge is -2.36. The summed E-state index contributed by atoms with van der Waals surface area (Å²) in [5.74, 6) is 0. The Kier molecular flexibility index (Phi) is 6.07. The molecule has 0 radical (unpaired) electrons. The molecule has 2 bridgehead atoms. The van der Waals surface area contributed by atoms with Crippen LogP contribution in [-0.4, -0.2) is 56.1 Å². The fourth-order valence-corrected chi connectivity index (χ4v) is 3.47. The summed E-state index contributed by atoms with van der Waals surface area (Å²) in [6.07, 6.45) is 6.29. The summed E-state index contributed by atoms with van der Waals surface area (Å²) in [6.45, 7) is 6.58. The Hall–Kier alpha value is -0.160. The van der Waals surface area contributed by atoms with Crippen LogP contribution in [0.3, 0.4) is 0 Å². The largest absolute Gasteiger partial charge is 0.353 e. The molecule has 2 saturated heterocycles. The van der Waals surface area contributed by atoms with Crippen LogP contribution in [0.4, 0.5) is 0 Å². The van der Waals surface area contributed by atoms with E-state index in [2.05, 4.69) is 17.3 Å². The van der Waals surface area contributed by atoms with Crippen molar-refractivity contribution >= 4 is 0 Å². The number of hydrogen-bond donors (Lipinski definition) is 1. The molecular formula is C15H30N2O2. The first-order chi connectivity index (χ1) is 9.22. The first kappa shape index (κ1) is 15.2. The minimum Gasteiger partial charge on any atom is -0.353 e. The van der Waals surface area contributed by atoms with E-state index in [0.29, 0.717) is 0 Å². The lowest BCUT2D eigenvalue weighted by Crippen LogP contribution is -2.47. The second-order valence-corrected chi connectivity index (χ2v) is 5.87. The van der Waals surface area contributed by atoms with Gasteiger partial charge in [0.2, 0.25) is 0 Å². The number of nitrogens with one attached hydrogen (secondary N) is 1. The van der Waals surface area contributed by atoms with E-state index in [1.165, 1.54) is 25.7 Å². The molecule has 0 aromatic carbocycles. The first-order valence-electron chi connectivity index (χ1n) is 7.92. The molecule has 2 atom stereocenters. The molecule has 2 unspecified atom stereocenters. The molecule has 0 saturated carbocycles. The predicted octanol–water partition coefficient (Wildman–Crippen LogP) is 1.99. The van der Waals surface area contributed by atoms with Crippen LogP contribution >= 0.6 is 0 Å². The maximum absolute atomic E-state index is 5.61. The van der Waals surface area contributed by atoms with Gasteiger partial charge in [-0.15, -0.1) is 0 Å². The van der Waals surface area contributed by atoms with Crippen LogP contribution in [0.1, 0.15) is 46.0 Å². The molecule has 4 nitrogen and oxygen atoms in total. The maximum Gasteiger partial charge on any atom is 0.158 e. The van der Waals surface area contributed by atoms with Crippen molar-refractivity contribution in [1.29, 1.82) is 0 Å². The fraction of sp³-hybridized carbons (Fsp3) is 1.00. The normalized spacial score (nSPS) is 30.5. The fourth-order valence-electron chi connectivity index (χ4n) is 3.47. The molecule has 4 heteroatoms. The third-order valence-electron chi connectivity index (χ3n) is 4.49. The SMILES string of the molecule is CCOC(CCN(C)C1CC2CCC(C1)N2)OCC. The maximum atomic E-state index is 5.61. The van der Waals surface area contributed by atoms with Gasteiger partial charge in [-0.05, 0) is 46.6 Å². The van der Waals surface area contributed by atoms with E-state index in [1.54, 1.807) is 0 Å². The molecule has 0 aromatic heterocycles. The topological polar surface area (TPSA) is 33.7 Å². The van der Waals surface area contributed by atoms with Crippen molar-refractivity contribution in [2.24, 2.45) is 0 Å². The number of hydrogen-bond acceptors (Lipinski definition) is 4. The molecule has 112 valence electrons. The van der Waals surface area contributed by atoms with E-state index in [9.17, 15) is 0 Å². The Bertz CT molecular complexity index is 245. The Balaban J connectivity index is 1.72. The van der Waals surface area contributed by atoms with Gasteiger partial charge in [-0.2, -0.15) is 0 Å². The summed E-state index contributed by atoms with van der Waals surface area (Å²) in [5.41, 5.74) is 0. The number of rotatable bonds is 8. The van der Waals surface area contributed by atoms with Crippen LogP contribution < -0.4 is 5.32 Å². The number of ether oxygens (including phenoxy) is 2. The van der Waals surface area contributed by atoms with Gasteiger partial charge in [0.05, 0.1) is 0 Å². The van der Waals surface area contributed by atoms with Crippen molar-refractivity contribution in [3.05, 3.63) is 0 Å². The van der Waals surface area contributed by atoms with Gasteiger partial charge in [0.1, 0.15) is 0 Å². The zero-order valence-corrected chi connectivity index (χ0v) is 12.7. The molecule has 19 heavy (non-hydrogen) atoms. The molecule has 0 amide bonds. The molecule has 0 spiro atoms. The average molecular weight is 270 g/mol. The Morgan fingerprint density at radius 1 is 1.11 bits per heavy atom. The molecule has 1 N–H and O–H groups in total. The minimum absolute atomic E-state index is 0.0316. The van der Waals surface area contributed by atoms with Gasteiger partial charge < -0.3 is 19.7 Å². The number of piperidine rings is 1. The van der Waals surface area contributed by atoms with Crippen LogP contribution in [0.25, 0.3) is 0 Å². The molecule has 2 rings (SSSR count). The van der Waals surface area contributed by atoms with E-state index < -0.39 is 0 Å². The molecule has 2 aliphatic rings. The summed E-state index contributed by atoms with van der Waals surface area (Å²) >= 11 is 0. The first-order valence-corrected chi connectivity index (χ1v) is 7.92. The van der Waals surface area contributed by atoms with Gasteiger partial charge in [0, 0.05) is 44.3 Å². The molecule has 2 heterocycles. The van der Waals surface area contributed by atoms with E-state index in [-0.39, 0.29) is 6.29 Å². The highest BCUT2D eigenvalue weighted by atomic mass is 16.7. The van der Waals surface area contributed by atoms with Gasteiger partial charge in [0.25, 0.3) is 0 Å². The monoisotopic (exact) mass is 270 g/mol. The van der Waals surface area contributed by atoms with Gasteiger partial charge >= 0.3 is 0 Å². The highest BCUT2D eigenvalue weighted by Gasteiger charge is 2.34. The van der Waals surface area contributed by atoms with E-state index in [1.807, 2.05) is 13.8 Å². The second kappa shape index (κ2) is 7.58. The third-order valence-corrected chi connectivity index (χ3v) is 4.49. The van der Waals surface area contributed by atoms with Gasteiger partial charge in [-0.25, -0.2) is 0 Å². The molecule has 2 aliphatic heterocycles. The molecule has 0 aliphatic carbocycles. The van der Waals surface area contributed by atoms with Crippen LogP contribution in [-0.2, 0) is 9.47 Å². The van der Waals surface area contributed by atoms with Crippen LogP contribution in [0.2, 0.25) is 0 Å². The minimum atomic E-state index is -0.0316. The molecule has 2 fully saturated rings. The van der Waals surface area contributed by atoms with Crippen molar-refractivity contribution < 1.29 is 9.47 Å². The van der Waals surface area contributed by atoms with Gasteiger partial charge in [-0.1, -0.05) is 0 Å². The van der Waals surface area contributed by atoms with Crippen molar-refractivity contribution in [2.75, 3.05) is 26.8 Å². The third kappa shape index (κ3) is 4.42. The molecule has 0 aromatic rings. The highest BCUT2D eigenvalue weighted by Crippen LogP contribution is 2.29. The van der Waals surface area contributed by atoms with Crippen molar-refractivity contribution in [3.8, 4) is 0 Å². The number of fused-ring (bicyclic) bond motifs is 2. The summed E-state index contributed by atoms with van der Waals surface area (Å²) < 4.78 is 11.2. The lowest BCUT2D eigenvalue weighted by atomic mass is 9.98. The predicted molar refractivity (Wildman–Crippen MR) is 77.3 cm³/mol. The zero-order chi connectivity index (χ0) is 13.7. The smallest absolute Gasteiger partial charge is 0.158 e. The quantitative estimate of drug-likeness (QED) is 0.684. The van der Waals surface area contributed by atoms with Crippen molar-refractivity contribution in [1.82, 2.24) is 10.2 Å². The van der Waals surface area contributed by atoms with Crippen molar-refractivity contribution in [2.45, 2.75) is 70.4 Å².